The predicted molar refractivity (Wildman–Crippen MR) is 67.1 cm³/mol. The van der Waals surface area contributed by atoms with Crippen molar-refractivity contribution in [2.75, 3.05) is 26.8 Å². The molecule has 0 atom stereocenters. The molecule has 116 valence electrons. The Labute approximate surface area is 118 Å². The van der Waals surface area contributed by atoms with Gasteiger partial charge < -0.3 is 14.7 Å². The predicted octanol–water partition coefficient (Wildman–Crippen LogP) is 1.88. The molecule has 1 amide bonds. The molecule has 0 radical (unpaired) electrons. The number of hydrogen-bond donors (Lipinski definition) is 1. The van der Waals surface area contributed by atoms with E-state index in [0.29, 0.717) is 6.07 Å². The van der Waals surface area contributed by atoms with Gasteiger partial charge in [-0.2, -0.15) is 0 Å². The maximum absolute atomic E-state index is 13.8. The molecule has 0 aliphatic heterocycles. The number of halogens is 3. The third-order valence-corrected chi connectivity index (χ3v) is 2.66. The fourth-order valence-electron chi connectivity index (χ4n) is 1.64. The molecule has 0 aromatic heterocycles. The van der Waals surface area contributed by atoms with Gasteiger partial charge in [0.1, 0.15) is 5.82 Å². The lowest BCUT2D eigenvalue weighted by molar-refractivity contribution is 0.0474. The third-order valence-electron chi connectivity index (χ3n) is 2.66. The molecule has 1 aromatic carbocycles. The van der Waals surface area contributed by atoms with E-state index in [1.807, 2.05) is 0 Å². The Hall–Kier alpha value is -2.09. The molecule has 1 aromatic rings. The molecular formula is C13H14F3NO4. The lowest BCUT2D eigenvalue weighted by Crippen LogP contribution is -2.38. The van der Waals surface area contributed by atoms with Gasteiger partial charge in [-0.3, -0.25) is 4.79 Å². The van der Waals surface area contributed by atoms with Gasteiger partial charge in [-0.15, -0.1) is 0 Å². The number of nitrogens with zero attached hydrogens (tertiary/aromatic N) is 1. The number of aromatic carboxylic acids is 1. The highest BCUT2D eigenvalue weighted by atomic mass is 19.3. The van der Waals surface area contributed by atoms with Crippen molar-refractivity contribution >= 4 is 11.9 Å². The van der Waals surface area contributed by atoms with Crippen molar-refractivity contribution < 1.29 is 32.6 Å². The van der Waals surface area contributed by atoms with Crippen molar-refractivity contribution in [3.05, 3.63) is 35.1 Å². The van der Waals surface area contributed by atoms with E-state index in [2.05, 4.69) is 0 Å². The van der Waals surface area contributed by atoms with Gasteiger partial charge in [0, 0.05) is 13.7 Å². The lowest BCUT2D eigenvalue weighted by atomic mass is 10.1. The SMILES string of the molecule is COCCN(CC(F)F)C(=O)c1ccc(C(=O)O)cc1F. The maximum atomic E-state index is 13.8. The largest absolute Gasteiger partial charge is 0.478 e. The van der Waals surface area contributed by atoms with E-state index >= 15 is 0 Å². The zero-order valence-corrected chi connectivity index (χ0v) is 11.2. The first-order valence-electron chi connectivity index (χ1n) is 5.96. The fourth-order valence-corrected chi connectivity index (χ4v) is 1.64. The van der Waals surface area contributed by atoms with Crippen LogP contribution in [0.3, 0.4) is 0 Å². The van der Waals surface area contributed by atoms with E-state index in [4.69, 9.17) is 9.84 Å². The van der Waals surface area contributed by atoms with Crippen LogP contribution in [0.15, 0.2) is 18.2 Å². The van der Waals surface area contributed by atoms with Crippen LogP contribution in [0.25, 0.3) is 0 Å². The van der Waals surface area contributed by atoms with Crippen molar-refractivity contribution in [2.24, 2.45) is 0 Å². The number of carboxylic acid groups (broad SMARTS) is 1. The Kier molecular flexibility index (Phi) is 6.16. The second-order valence-corrected chi connectivity index (χ2v) is 4.13. The minimum atomic E-state index is -2.77. The number of carbonyl (C=O) groups excluding carboxylic acids is 1. The molecule has 0 bridgehead atoms. The molecular weight excluding hydrogens is 291 g/mol. The molecule has 0 aliphatic rings. The standard InChI is InChI=1S/C13H14F3NO4/c1-21-5-4-17(7-11(15)16)12(18)9-3-2-8(13(19)20)6-10(9)14/h2-3,6,11H,4-5,7H2,1H3,(H,19,20). The topological polar surface area (TPSA) is 66.8 Å². The average molecular weight is 305 g/mol. The van der Waals surface area contributed by atoms with E-state index in [1.54, 1.807) is 0 Å². The zero-order valence-electron chi connectivity index (χ0n) is 11.2. The first-order chi connectivity index (χ1) is 9.86. The molecule has 0 unspecified atom stereocenters. The summed E-state index contributed by atoms with van der Waals surface area (Å²) in [5, 5.41) is 8.71. The molecule has 5 nitrogen and oxygen atoms in total. The number of alkyl halides is 2. The molecule has 0 saturated heterocycles. The zero-order chi connectivity index (χ0) is 16.0. The van der Waals surface area contributed by atoms with E-state index < -0.39 is 36.2 Å². The van der Waals surface area contributed by atoms with E-state index in [-0.39, 0.29) is 18.7 Å². The Bertz CT molecular complexity index is 522. The first-order valence-corrected chi connectivity index (χ1v) is 5.96. The molecule has 0 spiro atoms. The van der Waals surface area contributed by atoms with Gasteiger partial charge in [0.05, 0.1) is 24.3 Å². The van der Waals surface area contributed by atoms with Crippen molar-refractivity contribution in [2.45, 2.75) is 6.43 Å². The summed E-state index contributed by atoms with van der Waals surface area (Å²) in [6, 6.07) is 2.67. The highest BCUT2D eigenvalue weighted by Gasteiger charge is 2.22. The number of carbonyl (C=O) groups is 2. The monoisotopic (exact) mass is 305 g/mol. The molecule has 1 N–H and O–H groups in total. The average Bonchev–Trinajstić information content (AvgIpc) is 2.42. The smallest absolute Gasteiger partial charge is 0.335 e. The second kappa shape index (κ2) is 7.63. The van der Waals surface area contributed by atoms with E-state index in [0.717, 1.165) is 17.0 Å². The number of benzene rings is 1. The van der Waals surface area contributed by atoms with Gasteiger partial charge in [0.15, 0.2) is 0 Å². The minimum Gasteiger partial charge on any atom is -0.478 e. The maximum Gasteiger partial charge on any atom is 0.335 e. The number of amides is 1. The van der Waals surface area contributed by atoms with Gasteiger partial charge in [0.25, 0.3) is 12.3 Å². The molecule has 0 saturated carbocycles. The van der Waals surface area contributed by atoms with Crippen LogP contribution in [0.4, 0.5) is 13.2 Å². The summed E-state index contributed by atoms with van der Waals surface area (Å²) in [5.41, 5.74) is -0.793. The van der Waals surface area contributed by atoms with Crippen LogP contribution in [-0.2, 0) is 4.74 Å². The van der Waals surface area contributed by atoms with Crippen molar-refractivity contribution in [1.82, 2.24) is 4.90 Å². The van der Waals surface area contributed by atoms with Crippen LogP contribution in [0, 0.1) is 5.82 Å². The summed E-state index contributed by atoms with van der Waals surface area (Å²) in [4.78, 5) is 23.5. The lowest BCUT2D eigenvalue weighted by Gasteiger charge is -2.22. The molecule has 0 aliphatic carbocycles. The Morgan fingerprint density at radius 3 is 2.52 bits per heavy atom. The van der Waals surface area contributed by atoms with Crippen LogP contribution >= 0.6 is 0 Å². The summed E-state index contributed by atoms with van der Waals surface area (Å²) in [7, 11) is 1.34. The van der Waals surface area contributed by atoms with E-state index in [1.165, 1.54) is 7.11 Å². The summed E-state index contributed by atoms with van der Waals surface area (Å²) < 4.78 is 43.4. The van der Waals surface area contributed by atoms with Gasteiger partial charge in [-0.1, -0.05) is 0 Å². The van der Waals surface area contributed by atoms with Gasteiger partial charge in [-0.25, -0.2) is 18.0 Å². The van der Waals surface area contributed by atoms with Crippen LogP contribution in [0.2, 0.25) is 0 Å². The quantitative estimate of drug-likeness (QED) is 0.835. The van der Waals surface area contributed by atoms with Crippen LogP contribution in [-0.4, -0.2) is 55.1 Å². The van der Waals surface area contributed by atoms with Gasteiger partial charge in [-0.05, 0) is 18.2 Å². The van der Waals surface area contributed by atoms with Crippen LogP contribution in [0.5, 0.6) is 0 Å². The molecule has 1 rings (SSSR count). The highest BCUT2D eigenvalue weighted by Crippen LogP contribution is 2.14. The number of hydrogen-bond acceptors (Lipinski definition) is 3. The van der Waals surface area contributed by atoms with E-state index in [9.17, 15) is 22.8 Å². The van der Waals surface area contributed by atoms with Crippen molar-refractivity contribution in [3.63, 3.8) is 0 Å². The molecule has 0 heterocycles. The van der Waals surface area contributed by atoms with Gasteiger partial charge in [0.2, 0.25) is 0 Å². The Morgan fingerprint density at radius 1 is 1.38 bits per heavy atom. The molecule has 0 fully saturated rings. The number of carboxylic acids is 1. The summed E-state index contributed by atoms with van der Waals surface area (Å²) in [5.74, 6) is -3.37. The number of ether oxygens (including phenoxy) is 1. The molecule has 21 heavy (non-hydrogen) atoms. The number of methoxy groups -OCH3 is 1. The highest BCUT2D eigenvalue weighted by molar-refractivity contribution is 5.96. The fraction of sp³-hybridized carbons (Fsp3) is 0.385. The minimum absolute atomic E-state index is 0.0211. The summed E-state index contributed by atoms with van der Waals surface area (Å²) >= 11 is 0. The van der Waals surface area contributed by atoms with Crippen LogP contribution < -0.4 is 0 Å². The summed E-state index contributed by atoms with van der Waals surface area (Å²) in [6.45, 7) is -0.963. The third kappa shape index (κ3) is 4.75. The van der Waals surface area contributed by atoms with Crippen molar-refractivity contribution in [1.29, 1.82) is 0 Å². The van der Waals surface area contributed by atoms with Crippen molar-refractivity contribution in [3.8, 4) is 0 Å². The Balaban J connectivity index is 2.99. The second-order valence-electron chi connectivity index (χ2n) is 4.13. The van der Waals surface area contributed by atoms with Gasteiger partial charge >= 0.3 is 5.97 Å². The normalized spacial score (nSPS) is 10.7. The number of rotatable bonds is 7. The molecule has 8 heteroatoms. The summed E-state index contributed by atoms with van der Waals surface area (Å²) in [6.07, 6.45) is -2.77. The Morgan fingerprint density at radius 2 is 2.05 bits per heavy atom. The van der Waals surface area contributed by atoms with Crippen LogP contribution in [0.1, 0.15) is 20.7 Å². The first kappa shape index (κ1) is 17.0.